The van der Waals surface area contributed by atoms with Crippen LogP contribution in [0.25, 0.3) is 0 Å². The third kappa shape index (κ3) is 4.35. The molecule has 0 fully saturated rings. The van der Waals surface area contributed by atoms with Gasteiger partial charge in [-0.15, -0.1) is 0 Å². The first-order valence-electron chi connectivity index (χ1n) is 9.02. The van der Waals surface area contributed by atoms with Crippen LogP contribution in [0.2, 0.25) is 0 Å². The molecule has 2 aromatic rings. The second kappa shape index (κ2) is 8.05. The van der Waals surface area contributed by atoms with Gasteiger partial charge in [-0.3, -0.25) is 0 Å². The van der Waals surface area contributed by atoms with E-state index in [1.165, 1.54) is 0 Å². The van der Waals surface area contributed by atoms with Gasteiger partial charge in [0.05, 0.1) is 17.7 Å². The van der Waals surface area contributed by atoms with E-state index in [9.17, 15) is 10.5 Å². The van der Waals surface area contributed by atoms with Crippen LogP contribution in [0.5, 0.6) is 0 Å². The summed E-state index contributed by atoms with van der Waals surface area (Å²) >= 11 is 0. The lowest BCUT2D eigenvalue weighted by Gasteiger charge is -2.23. The predicted octanol–water partition coefficient (Wildman–Crippen LogP) is 4.87. The normalized spacial score (nSPS) is 12.0. The fraction of sp³-hybridized carbons (Fsp3) is 0.429. The van der Waals surface area contributed by atoms with Crippen molar-refractivity contribution in [3.8, 4) is 12.1 Å². The zero-order valence-electron chi connectivity index (χ0n) is 16.5. The molecule has 0 saturated carbocycles. The highest BCUT2D eigenvalue weighted by atomic mass is 16.4. The van der Waals surface area contributed by atoms with Crippen LogP contribution in [0.15, 0.2) is 33.8 Å². The molecule has 0 aliphatic heterocycles. The van der Waals surface area contributed by atoms with Crippen LogP contribution < -0.4 is 5.43 Å². The maximum atomic E-state index is 9.55. The second-order valence-corrected chi connectivity index (χ2v) is 7.45. The number of rotatable bonds is 6. The van der Waals surface area contributed by atoms with Crippen LogP contribution in [-0.2, 0) is 10.8 Å². The molecule has 1 aromatic carbocycles. The molecule has 140 valence electrons. The van der Waals surface area contributed by atoms with Crippen LogP contribution in [0.3, 0.4) is 0 Å². The number of nitriles is 2. The Bertz CT molecular complexity index is 885. The van der Waals surface area contributed by atoms with Crippen molar-refractivity contribution in [2.75, 3.05) is 5.43 Å². The fourth-order valence-electron chi connectivity index (χ4n) is 2.73. The zero-order chi connectivity index (χ0) is 20.1. The van der Waals surface area contributed by atoms with Gasteiger partial charge in [-0.1, -0.05) is 58.9 Å². The highest BCUT2D eigenvalue weighted by molar-refractivity contribution is 5.80. The summed E-state index contributed by atoms with van der Waals surface area (Å²) < 4.78 is 5.62. The first-order valence-corrected chi connectivity index (χ1v) is 9.02. The molecule has 0 unspecified atom stereocenters. The number of hydrogen-bond acceptors (Lipinski definition) is 6. The Kier molecular flexibility index (Phi) is 6.02. The summed E-state index contributed by atoms with van der Waals surface area (Å²) in [6, 6.07) is 12.2. The van der Waals surface area contributed by atoms with Crippen LogP contribution >= 0.6 is 0 Å². The number of nitrogens with zero attached hydrogens (tertiary/aromatic N) is 4. The van der Waals surface area contributed by atoms with E-state index in [1.54, 1.807) is 6.21 Å². The number of hydrazone groups is 1. The lowest BCUT2D eigenvalue weighted by Crippen LogP contribution is -2.21. The van der Waals surface area contributed by atoms with Gasteiger partial charge in [0, 0.05) is 5.41 Å². The molecule has 1 N–H and O–H groups in total. The van der Waals surface area contributed by atoms with Crippen LogP contribution in [0.1, 0.15) is 70.2 Å². The molecule has 0 radical (unpaired) electrons. The largest absolute Gasteiger partial charge is 0.421 e. The molecule has 0 amide bonds. The minimum atomic E-state index is -0.446. The number of benzene rings is 1. The molecule has 6 nitrogen and oxygen atoms in total. The van der Waals surface area contributed by atoms with Crippen molar-refractivity contribution in [1.82, 2.24) is 4.98 Å². The molecule has 27 heavy (non-hydrogen) atoms. The first-order chi connectivity index (χ1) is 12.8. The fourth-order valence-corrected chi connectivity index (χ4v) is 2.73. The van der Waals surface area contributed by atoms with E-state index in [0.717, 1.165) is 24.0 Å². The summed E-state index contributed by atoms with van der Waals surface area (Å²) in [6.45, 7) is 9.94. The summed E-state index contributed by atoms with van der Waals surface area (Å²) in [5.41, 5.74) is 4.07. The van der Waals surface area contributed by atoms with Crippen LogP contribution in [0.4, 0.5) is 5.88 Å². The van der Waals surface area contributed by atoms with Gasteiger partial charge < -0.3 is 4.42 Å². The lowest BCUT2D eigenvalue weighted by atomic mass is 9.77. The SMILES string of the molecule is CCC(C#N)(CC)c1ccc(C=NNc2oc(C(C)(C)C)nc2C#N)cc1. The Labute approximate surface area is 160 Å². The van der Waals surface area contributed by atoms with E-state index in [0.29, 0.717) is 5.89 Å². The summed E-state index contributed by atoms with van der Waals surface area (Å²) in [5, 5.41) is 22.9. The Morgan fingerprint density at radius 2 is 1.78 bits per heavy atom. The van der Waals surface area contributed by atoms with Gasteiger partial charge in [0.25, 0.3) is 5.88 Å². The molecule has 0 aliphatic carbocycles. The first kappa shape index (κ1) is 20.2. The van der Waals surface area contributed by atoms with Crippen molar-refractivity contribution in [3.63, 3.8) is 0 Å². The molecular formula is C21H25N5O. The van der Waals surface area contributed by atoms with E-state index in [1.807, 2.05) is 65.0 Å². The number of anilines is 1. The van der Waals surface area contributed by atoms with Gasteiger partial charge in [0.2, 0.25) is 11.6 Å². The maximum Gasteiger partial charge on any atom is 0.252 e. The van der Waals surface area contributed by atoms with Crippen LogP contribution in [0, 0.1) is 22.7 Å². The van der Waals surface area contributed by atoms with Gasteiger partial charge in [-0.2, -0.15) is 20.6 Å². The van der Waals surface area contributed by atoms with Crippen molar-refractivity contribution in [3.05, 3.63) is 47.0 Å². The van der Waals surface area contributed by atoms with Crippen molar-refractivity contribution in [2.24, 2.45) is 5.10 Å². The number of oxazole rings is 1. The molecule has 0 spiro atoms. The van der Waals surface area contributed by atoms with Gasteiger partial charge >= 0.3 is 0 Å². The molecule has 0 aliphatic rings. The van der Waals surface area contributed by atoms with E-state index >= 15 is 0 Å². The van der Waals surface area contributed by atoms with Gasteiger partial charge in [0.15, 0.2) is 0 Å². The summed E-state index contributed by atoms with van der Waals surface area (Å²) in [6.07, 6.45) is 3.18. The Balaban J connectivity index is 2.15. The number of hydrogen-bond donors (Lipinski definition) is 1. The highest BCUT2D eigenvalue weighted by Crippen LogP contribution is 2.31. The van der Waals surface area contributed by atoms with E-state index in [4.69, 9.17) is 4.42 Å². The van der Waals surface area contributed by atoms with Crippen molar-refractivity contribution in [1.29, 1.82) is 10.5 Å². The third-order valence-corrected chi connectivity index (χ3v) is 4.64. The van der Waals surface area contributed by atoms with E-state index in [-0.39, 0.29) is 17.0 Å². The predicted molar refractivity (Wildman–Crippen MR) is 105 cm³/mol. The quantitative estimate of drug-likeness (QED) is 0.583. The molecule has 0 bridgehead atoms. The smallest absolute Gasteiger partial charge is 0.252 e. The topological polar surface area (TPSA) is 98.0 Å². The molecule has 1 aromatic heterocycles. The average molecular weight is 363 g/mol. The lowest BCUT2D eigenvalue weighted by molar-refractivity contribution is 0.399. The molecule has 2 rings (SSSR count). The summed E-state index contributed by atoms with van der Waals surface area (Å²) in [5.74, 6) is 0.712. The molecule has 6 heteroatoms. The average Bonchev–Trinajstić information content (AvgIpc) is 3.08. The van der Waals surface area contributed by atoms with E-state index < -0.39 is 5.41 Å². The van der Waals surface area contributed by atoms with Gasteiger partial charge in [-0.25, -0.2) is 5.43 Å². The number of aromatic nitrogens is 1. The molecule has 0 saturated heterocycles. The van der Waals surface area contributed by atoms with Crippen LogP contribution in [-0.4, -0.2) is 11.2 Å². The number of nitrogens with one attached hydrogen (secondary N) is 1. The molecular weight excluding hydrogens is 338 g/mol. The van der Waals surface area contributed by atoms with Crippen molar-refractivity contribution >= 4 is 12.1 Å². The van der Waals surface area contributed by atoms with E-state index in [2.05, 4.69) is 21.6 Å². The maximum absolute atomic E-state index is 9.55. The van der Waals surface area contributed by atoms with Crippen molar-refractivity contribution < 1.29 is 4.42 Å². The monoisotopic (exact) mass is 363 g/mol. The van der Waals surface area contributed by atoms with Gasteiger partial charge in [0.1, 0.15) is 6.07 Å². The second-order valence-electron chi connectivity index (χ2n) is 7.45. The minimum Gasteiger partial charge on any atom is -0.421 e. The standard InChI is InChI=1S/C21H25N5O/c1-6-21(7-2,14-23)16-10-8-15(9-11-16)13-24-26-18-17(12-22)25-19(27-18)20(3,4)5/h8-11,13,26H,6-7H2,1-5H3. The molecule has 1 heterocycles. The summed E-state index contributed by atoms with van der Waals surface area (Å²) in [7, 11) is 0. The van der Waals surface area contributed by atoms with Crippen molar-refractivity contribution in [2.45, 2.75) is 58.3 Å². The Morgan fingerprint density at radius 1 is 1.15 bits per heavy atom. The van der Waals surface area contributed by atoms with Gasteiger partial charge in [-0.05, 0) is 24.0 Å². The zero-order valence-corrected chi connectivity index (χ0v) is 16.5. The Morgan fingerprint density at radius 3 is 2.26 bits per heavy atom. The third-order valence-electron chi connectivity index (χ3n) is 4.64. The minimum absolute atomic E-state index is 0.178. The highest BCUT2D eigenvalue weighted by Gasteiger charge is 2.28. The Hall–Kier alpha value is -3.12. The summed E-state index contributed by atoms with van der Waals surface area (Å²) in [4.78, 5) is 4.20. The molecule has 0 atom stereocenters.